The van der Waals surface area contributed by atoms with Crippen molar-refractivity contribution in [1.29, 1.82) is 0 Å². The molecule has 18 heavy (non-hydrogen) atoms. The van der Waals surface area contributed by atoms with E-state index in [-0.39, 0.29) is 0 Å². The van der Waals surface area contributed by atoms with Crippen LogP contribution in [0.25, 0.3) is 11.3 Å². The maximum Gasteiger partial charge on any atom is 0.0611 e. The molecule has 2 aromatic carbocycles. The number of hydrazine groups is 1. The molecule has 1 aliphatic rings. The normalized spacial score (nSPS) is 14.7. The number of benzene rings is 2. The smallest absolute Gasteiger partial charge is 0.0611 e. The third-order valence-corrected chi connectivity index (χ3v) is 3.29. The Labute approximate surface area is 111 Å². The van der Waals surface area contributed by atoms with Gasteiger partial charge in [-0.05, 0) is 23.3 Å². The lowest BCUT2D eigenvalue weighted by molar-refractivity contribution is 0.741. The number of hydrogen-bond acceptors (Lipinski definition) is 2. The van der Waals surface area contributed by atoms with Gasteiger partial charge in [-0.2, -0.15) is 0 Å². The minimum atomic E-state index is 0.756. The van der Waals surface area contributed by atoms with Crippen LogP contribution in [0.5, 0.6) is 0 Å². The quantitative estimate of drug-likeness (QED) is 0.861. The van der Waals surface area contributed by atoms with Gasteiger partial charge in [-0.25, -0.2) is 5.43 Å². The summed E-state index contributed by atoms with van der Waals surface area (Å²) in [7, 11) is 0. The van der Waals surface area contributed by atoms with E-state index in [4.69, 9.17) is 11.6 Å². The molecule has 0 radical (unpaired) electrons. The van der Waals surface area contributed by atoms with E-state index in [2.05, 4.69) is 35.1 Å². The fourth-order valence-electron chi connectivity index (χ4n) is 2.13. The van der Waals surface area contributed by atoms with Crippen LogP contribution in [0.4, 0.5) is 0 Å². The van der Waals surface area contributed by atoms with Gasteiger partial charge < -0.3 is 5.43 Å². The molecule has 0 aromatic heterocycles. The zero-order valence-electron chi connectivity index (χ0n) is 9.78. The summed E-state index contributed by atoms with van der Waals surface area (Å²) in [4.78, 5) is 0. The average Bonchev–Trinajstić information content (AvgIpc) is 2.90. The zero-order valence-corrected chi connectivity index (χ0v) is 10.5. The average molecular weight is 257 g/mol. The van der Waals surface area contributed by atoms with E-state index in [9.17, 15) is 0 Å². The second kappa shape index (κ2) is 4.84. The van der Waals surface area contributed by atoms with Crippen molar-refractivity contribution in [3.63, 3.8) is 0 Å². The maximum absolute atomic E-state index is 5.92. The fourth-order valence-corrected chi connectivity index (χ4v) is 2.26. The van der Waals surface area contributed by atoms with Crippen LogP contribution in [0.2, 0.25) is 5.02 Å². The molecule has 2 aromatic rings. The van der Waals surface area contributed by atoms with E-state index >= 15 is 0 Å². The van der Waals surface area contributed by atoms with Crippen molar-refractivity contribution in [2.45, 2.75) is 0 Å². The standard InChI is InChI=1S/C15H13ClN2/c16-13-8-6-12(7-9-13)15-14(10-17-18-15)11-4-2-1-3-5-11/h1-9,17-18H,10H2. The van der Waals surface area contributed by atoms with E-state index in [1.54, 1.807) is 0 Å². The van der Waals surface area contributed by atoms with Crippen LogP contribution in [0.15, 0.2) is 54.6 Å². The molecule has 0 amide bonds. The first-order valence-electron chi connectivity index (χ1n) is 5.88. The number of hydrogen-bond donors (Lipinski definition) is 2. The second-order valence-electron chi connectivity index (χ2n) is 4.21. The summed E-state index contributed by atoms with van der Waals surface area (Å²) < 4.78 is 0. The molecular formula is C15H13ClN2. The van der Waals surface area contributed by atoms with Gasteiger partial charge in [0.1, 0.15) is 0 Å². The molecule has 1 heterocycles. The van der Waals surface area contributed by atoms with Crippen molar-refractivity contribution >= 4 is 22.9 Å². The summed E-state index contributed by atoms with van der Waals surface area (Å²) in [5, 5.41) is 0.756. The first-order valence-corrected chi connectivity index (χ1v) is 6.26. The highest BCUT2D eigenvalue weighted by Gasteiger charge is 2.16. The van der Waals surface area contributed by atoms with Crippen molar-refractivity contribution < 1.29 is 0 Å². The van der Waals surface area contributed by atoms with Crippen LogP contribution in [0, 0.1) is 0 Å². The Bertz CT molecular complexity index is 573. The Kier molecular flexibility index (Phi) is 3.05. The molecule has 0 spiro atoms. The Hall–Kier alpha value is -1.77. The maximum atomic E-state index is 5.92. The highest BCUT2D eigenvalue weighted by Crippen LogP contribution is 2.27. The van der Waals surface area contributed by atoms with Crippen LogP contribution in [0.1, 0.15) is 11.1 Å². The SMILES string of the molecule is Clc1ccc(C2=C(c3ccccc3)CNN2)cc1. The van der Waals surface area contributed by atoms with E-state index in [0.717, 1.165) is 22.8 Å². The van der Waals surface area contributed by atoms with E-state index in [1.807, 2.05) is 30.3 Å². The van der Waals surface area contributed by atoms with Crippen LogP contribution in [-0.2, 0) is 0 Å². The first-order chi connectivity index (χ1) is 8.84. The summed E-state index contributed by atoms with van der Waals surface area (Å²) in [6.45, 7) is 0.821. The summed E-state index contributed by atoms with van der Waals surface area (Å²) in [6, 6.07) is 18.3. The summed E-state index contributed by atoms with van der Waals surface area (Å²) in [5.74, 6) is 0. The van der Waals surface area contributed by atoms with Gasteiger partial charge in [0.25, 0.3) is 0 Å². The van der Waals surface area contributed by atoms with Gasteiger partial charge in [0.05, 0.1) is 5.70 Å². The lowest BCUT2D eigenvalue weighted by Gasteiger charge is -2.07. The summed E-state index contributed by atoms with van der Waals surface area (Å²) in [5.41, 5.74) is 11.2. The van der Waals surface area contributed by atoms with Crippen molar-refractivity contribution in [3.8, 4) is 0 Å². The monoisotopic (exact) mass is 256 g/mol. The summed E-state index contributed by atoms with van der Waals surface area (Å²) in [6.07, 6.45) is 0. The Morgan fingerprint density at radius 3 is 2.28 bits per heavy atom. The molecule has 2 nitrogen and oxygen atoms in total. The minimum Gasteiger partial charge on any atom is -0.320 e. The Morgan fingerprint density at radius 1 is 0.833 bits per heavy atom. The van der Waals surface area contributed by atoms with Crippen LogP contribution < -0.4 is 10.9 Å². The molecule has 90 valence electrons. The van der Waals surface area contributed by atoms with E-state index in [1.165, 1.54) is 11.1 Å². The number of rotatable bonds is 2. The Balaban J connectivity index is 2.06. The van der Waals surface area contributed by atoms with Gasteiger partial charge in [0.2, 0.25) is 0 Å². The lowest BCUT2D eigenvalue weighted by atomic mass is 10.0. The second-order valence-corrected chi connectivity index (χ2v) is 4.64. The number of halogens is 1. The van der Waals surface area contributed by atoms with E-state index in [0.29, 0.717) is 0 Å². The molecular weight excluding hydrogens is 244 g/mol. The van der Waals surface area contributed by atoms with Crippen molar-refractivity contribution in [2.24, 2.45) is 0 Å². The lowest BCUT2D eigenvalue weighted by Crippen LogP contribution is -2.23. The third kappa shape index (κ3) is 2.13. The molecule has 0 saturated carbocycles. The van der Waals surface area contributed by atoms with Gasteiger partial charge in [-0.1, -0.05) is 54.1 Å². The van der Waals surface area contributed by atoms with Gasteiger partial charge in [0.15, 0.2) is 0 Å². The Morgan fingerprint density at radius 2 is 1.56 bits per heavy atom. The zero-order chi connectivity index (χ0) is 12.4. The van der Waals surface area contributed by atoms with Crippen molar-refractivity contribution in [2.75, 3.05) is 6.54 Å². The molecule has 0 bridgehead atoms. The topological polar surface area (TPSA) is 24.1 Å². The molecule has 0 unspecified atom stereocenters. The molecule has 0 atom stereocenters. The molecule has 0 aliphatic carbocycles. The predicted octanol–water partition coefficient (Wildman–Crippen LogP) is 3.32. The molecule has 2 N–H and O–H groups in total. The minimum absolute atomic E-state index is 0.756. The van der Waals surface area contributed by atoms with Crippen LogP contribution in [-0.4, -0.2) is 6.54 Å². The van der Waals surface area contributed by atoms with E-state index < -0.39 is 0 Å². The van der Waals surface area contributed by atoms with Gasteiger partial charge in [0, 0.05) is 17.1 Å². The van der Waals surface area contributed by atoms with Crippen molar-refractivity contribution in [3.05, 3.63) is 70.7 Å². The highest BCUT2D eigenvalue weighted by molar-refractivity contribution is 6.30. The largest absolute Gasteiger partial charge is 0.320 e. The summed E-state index contributed by atoms with van der Waals surface area (Å²) >= 11 is 5.92. The highest BCUT2D eigenvalue weighted by atomic mass is 35.5. The molecule has 3 heteroatoms. The van der Waals surface area contributed by atoms with Crippen LogP contribution >= 0.6 is 11.6 Å². The third-order valence-electron chi connectivity index (χ3n) is 3.04. The number of nitrogens with one attached hydrogen (secondary N) is 2. The van der Waals surface area contributed by atoms with Gasteiger partial charge in [-0.3, -0.25) is 0 Å². The fraction of sp³-hybridized carbons (Fsp3) is 0.0667. The molecule has 0 saturated heterocycles. The first kappa shape index (κ1) is 11.3. The van der Waals surface area contributed by atoms with Gasteiger partial charge in [-0.15, -0.1) is 0 Å². The molecule has 0 fully saturated rings. The molecule has 1 aliphatic heterocycles. The molecule has 3 rings (SSSR count). The van der Waals surface area contributed by atoms with Gasteiger partial charge >= 0.3 is 0 Å². The predicted molar refractivity (Wildman–Crippen MR) is 75.8 cm³/mol. The van der Waals surface area contributed by atoms with Crippen molar-refractivity contribution in [1.82, 2.24) is 10.9 Å². The van der Waals surface area contributed by atoms with Crippen LogP contribution in [0.3, 0.4) is 0 Å².